The average molecular weight is 213 g/mol. The summed E-state index contributed by atoms with van der Waals surface area (Å²) < 4.78 is 0. The van der Waals surface area contributed by atoms with Crippen LogP contribution >= 0.6 is 0 Å². The van der Waals surface area contributed by atoms with Crippen molar-refractivity contribution < 1.29 is 9.59 Å². The zero-order valence-corrected chi connectivity index (χ0v) is 9.40. The molecule has 15 heavy (non-hydrogen) atoms. The van der Waals surface area contributed by atoms with Crippen molar-refractivity contribution >= 4 is 11.8 Å². The van der Waals surface area contributed by atoms with Crippen molar-refractivity contribution in [3.05, 3.63) is 0 Å². The molecule has 0 saturated carbocycles. The standard InChI is InChI=1S/C10H19N3O2/c1-3-13(8(2)14)9-4-5-12(7-9)10(15)6-11/h9H,3-7,11H2,1-2H3. The van der Waals surface area contributed by atoms with Crippen LogP contribution in [0.5, 0.6) is 0 Å². The van der Waals surface area contributed by atoms with Crippen LogP contribution in [-0.2, 0) is 9.59 Å². The van der Waals surface area contributed by atoms with E-state index in [-0.39, 0.29) is 24.4 Å². The highest BCUT2D eigenvalue weighted by atomic mass is 16.2. The Hall–Kier alpha value is -1.10. The first-order valence-corrected chi connectivity index (χ1v) is 5.35. The number of likely N-dealkylation sites (tertiary alicyclic amines) is 1. The van der Waals surface area contributed by atoms with E-state index >= 15 is 0 Å². The quantitative estimate of drug-likeness (QED) is 0.681. The molecule has 0 radical (unpaired) electrons. The molecule has 1 unspecified atom stereocenters. The van der Waals surface area contributed by atoms with Gasteiger partial charge >= 0.3 is 0 Å². The summed E-state index contributed by atoms with van der Waals surface area (Å²) in [7, 11) is 0. The maximum absolute atomic E-state index is 11.3. The van der Waals surface area contributed by atoms with Crippen molar-refractivity contribution in [3.63, 3.8) is 0 Å². The van der Waals surface area contributed by atoms with Crippen molar-refractivity contribution in [3.8, 4) is 0 Å². The summed E-state index contributed by atoms with van der Waals surface area (Å²) in [5.41, 5.74) is 5.29. The lowest BCUT2D eigenvalue weighted by molar-refractivity contribution is -0.132. The molecule has 2 N–H and O–H groups in total. The summed E-state index contributed by atoms with van der Waals surface area (Å²) in [5, 5.41) is 0. The van der Waals surface area contributed by atoms with E-state index in [9.17, 15) is 9.59 Å². The second-order valence-electron chi connectivity index (χ2n) is 3.79. The molecular formula is C10H19N3O2. The van der Waals surface area contributed by atoms with Crippen LogP contribution in [0.3, 0.4) is 0 Å². The second-order valence-corrected chi connectivity index (χ2v) is 3.79. The molecule has 86 valence electrons. The summed E-state index contributed by atoms with van der Waals surface area (Å²) in [6.07, 6.45) is 0.860. The Kier molecular flexibility index (Phi) is 4.08. The van der Waals surface area contributed by atoms with Gasteiger partial charge in [-0.15, -0.1) is 0 Å². The number of nitrogens with zero attached hydrogens (tertiary/aromatic N) is 2. The van der Waals surface area contributed by atoms with E-state index in [0.717, 1.165) is 6.42 Å². The Morgan fingerprint density at radius 1 is 1.53 bits per heavy atom. The molecule has 0 aromatic heterocycles. The van der Waals surface area contributed by atoms with Crippen molar-refractivity contribution in [2.45, 2.75) is 26.3 Å². The van der Waals surface area contributed by atoms with Crippen molar-refractivity contribution in [2.24, 2.45) is 5.73 Å². The molecule has 1 atom stereocenters. The molecule has 1 aliphatic heterocycles. The van der Waals surface area contributed by atoms with Gasteiger partial charge in [0.2, 0.25) is 11.8 Å². The Bertz CT molecular complexity index is 255. The molecule has 5 nitrogen and oxygen atoms in total. The summed E-state index contributed by atoms with van der Waals surface area (Å²) in [6.45, 7) is 5.61. The van der Waals surface area contributed by atoms with Crippen molar-refractivity contribution in [1.29, 1.82) is 0 Å². The number of rotatable bonds is 3. The van der Waals surface area contributed by atoms with Crippen LogP contribution in [0.4, 0.5) is 0 Å². The normalized spacial score (nSPS) is 20.5. The van der Waals surface area contributed by atoms with Crippen molar-refractivity contribution in [2.75, 3.05) is 26.2 Å². The molecular weight excluding hydrogens is 194 g/mol. The molecule has 1 saturated heterocycles. The van der Waals surface area contributed by atoms with Gasteiger partial charge in [-0.1, -0.05) is 0 Å². The molecule has 1 aliphatic rings. The van der Waals surface area contributed by atoms with Crippen LogP contribution in [-0.4, -0.2) is 53.8 Å². The number of carbonyl (C=O) groups is 2. The van der Waals surface area contributed by atoms with Gasteiger partial charge in [0.15, 0.2) is 0 Å². The van der Waals surface area contributed by atoms with E-state index in [2.05, 4.69) is 0 Å². The lowest BCUT2D eigenvalue weighted by atomic mass is 10.2. The largest absolute Gasteiger partial charge is 0.339 e. The maximum atomic E-state index is 11.3. The minimum atomic E-state index is -0.0305. The van der Waals surface area contributed by atoms with Gasteiger partial charge in [-0.05, 0) is 13.3 Å². The number of carbonyl (C=O) groups excluding carboxylic acids is 2. The Balaban J connectivity index is 2.54. The summed E-state index contributed by atoms with van der Waals surface area (Å²) in [5.74, 6) is 0.0432. The van der Waals surface area contributed by atoms with Crippen LogP contribution in [0, 0.1) is 0 Å². The van der Waals surface area contributed by atoms with Gasteiger partial charge in [0.1, 0.15) is 0 Å². The molecule has 0 spiro atoms. The van der Waals surface area contributed by atoms with Gasteiger partial charge in [0.05, 0.1) is 12.6 Å². The summed E-state index contributed by atoms with van der Waals surface area (Å²) >= 11 is 0. The summed E-state index contributed by atoms with van der Waals surface area (Å²) in [6, 6.07) is 0.169. The predicted octanol–water partition coefficient (Wildman–Crippen LogP) is -0.586. The predicted molar refractivity (Wildman–Crippen MR) is 57.1 cm³/mol. The number of hydrogen-bond donors (Lipinski definition) is 1. The first-order valence-electron chi connectivity index (χ1n) is 5.35. The van der Waals surface area contributed by atoms with Crippen molar-refractivity contribution in [1.82, 2.24) is 9.80 Å². The molecule has 1 rings (SSSR count). The van der Waals surface area contributed by atoms with Gasteiger partial charge < -0.3 is 15.5 Å². The SMILES string of the molecule is CCN(C(C)=O)C1CCN(C(=O)CN)C1. The number of amides is 2. The highest BCUT2D eigenvalue weighted by molar-refractivity contribution is 5.78. The molecule has 1 fully saturated rings. The lowest BCUT2D eigenvalue weighted by Crippen LogP contribution is -2.42. The number of hydrogen-bond acceptors (Lipinski definition) is 3. The third-order valence-electron chi connectivity index (χ3n) is 2.88. The Labute approximate surface area is 90.2 Å². The van der Waals surface area contributed by atoms with Crippen LogP contribution in [0.25, 0.3) is 0 Å². The third kappa shape index (κ3) is 2.68. The maximum Gasteiger partial charge on any atom is 0.236 e. The van der Waals surface area contributed by atoms with E-state index < -0.39 is 0 Å². The molecule has 5 heteroatoms. The summed E-state index contributed by atoms with van der Waals surface area (Å²) in [4.78, 5) is 26.2. The van der Waals surface area contributed by atoms with E-state index in [0.29, 0.717) is 19.6 Å². The van der Waals surface area contributed by atoms with Crippen LogP contribution in [0.2, 0.25) is 0 Å². The number of likely N-dealkylation sites (N-methyl/N-ethyl adjacent to an activating group) is 1. The van der Waals surface area contributed by atoms with E-state index in [1.807, 2.05) is 11.8 Å². The molecule has 1 heterocycles. The molecule has 0 bridgehead atoms. The first kappa shape index (κ1) is 12.0. The Morgan fingerprint density at radius 2 is 2.20 bits per heavy atom. The topological polar surface area (TPSA) is 66.6 Å². The van der Waals surface area contributed by atoms with Gasteiger partial charge in [0.25, 0.3) is 0 Å². The van der Waals surface area contributed by atoms with Crippen LogP contribution in [0.15, 0.2) is 0 Å². The second kappa shape index (κ2) is 5.11. The van der Waals surface area contributed by atoms with Gasteiger partial charge in [0, 0.05) is 26.6 Å². The van der Waals surface area contributed by atoms with E-state index in [1.165, 1.54) is 0 Å². The fraction of sp³-hybridized carbons (Fsp3) is 0.800. The van der Waals surface area contributed by atoms with Crippen LogP contribution in [0.1, 0.15) is 20.3 Å². The monoisotopic (exact) mass is 213 g/mol. The van der Waals surface area contributed by atoms with E-state index in [1.54, 1.807) is 11.8 Å². The smallest absolute Gasteiger partial charge is 0.236 e. The zero-order chi connectivity index (χ0) is 11.4. The van der Waals surface area contributed by atoms with Crippen LogP contribution < -0.4 is 5.73 Å². The first-order chi connectivity index (χ1) is 7.10. The highest BCUT2D eigenvalue weighted by Gasteiger charge is 2.30. The third-order valence-corrected chi connectivity index (χ3v) is 2.88. The Morgan fingerprint density at radius 3 is 2.67 bits per heavy atom. The zero-order valence-electron chi connectivity index (χ0n) is 9.40. The fourth-order valence-corrected chi connectivity index (χ4v) is 2.09. The fourth-order valence-electron chi connectivity index (χ4n) is 2.09. The molecule has 0 aromatic rings. The van der Waals surface area contributed by atoms with Gasteiger partial charge in [-0.25, -0.2) is 0 Å². The highest BCUT2D eigenvalue weighted by Crippen LogP contribution is 2.15. The molecule has 2 amide bonds. The van der Waals surface area contributed by atoms with Gasteiger partial charge in [-0.2, -0.15) is 0 Å². The van der Waals surface area contributed by atoms with E-state index in [4.69, 9.17) is 5.73 Å². The minimum Gasteiger partial charge on any atom is -0.339 e. The van der Waals surface area contributed by atoms with Gasteiger partial charge in [-0.3, -0.25) is 9.59 Å². The lowest BCUT2D eigenvalue weighted by Gasteiger charge is -2.26. The average Bonchev–Trinajstić information content (AvgIpc) is 2.66. The molecule has 0 aromatic carbocycles. The number of nitrogens with two attached hydrogens (primary N) is 1. The molecule has 0 aliphatic carbocycles. The minimum absolute atomic E-state index is 0.0305.